The molecule has 90 valence electrons. The summed E-state index contributed by atoms with van der Waals surface area (Å²) in [6.45, 7) is 9.29. The number of hydrogen-bond acceptors (Lipinski definition) is 0. The average Bonchev–Trinajstić information content (AvgIpc) is 2.14. The van der Waals surface area contributed by atoms with E-state index in [4.69, 9.17) is 0 Å². The first-order chi connectivity index (χ1) is 7.55. The molecule has 0 aromatic rings. The van der Waals surface area contributed by atoms with E-state index in [-0.39, 0.29) is 0 Å². The van der Waals surface area contributed by atoms with Crippen LogP contribution in [0.25, 0.3) is 0 Å². The lowest BCUT2D eigenvalue weighted by molar-refractivity contribution is 0.0249. The van der Waals surface area contributed by atoms with E-state index < -0.39 is 8.07 Å². The van der Waals surface area contributed by atoms with Crippen LogP contribution in [0.5, 0.6) is 0 Å². The molecule has 0 heterocycles. The summed E-state index contributed by atoms with van der Waals surface area (Å²) in [6, 6.07) is 1.35. The summed E-state index contributed by atoms with van der Waals surface area (Å²) in [5, 5.41) is 0.815. The smallest absolute Gasteiger partial charge is 0.0573 e. The summed E-state index contributed by atoms with van der Waals surface area (Å²) in [5.74, 6) is 3.34. The largest absolute Gasteiger partial charge is 0.103 e. The molecule has 0 amide bonds. The molecule has 0 N–H and O–H groups in total. The van der Waals surface area contributed by atoms with Crippen molar-refractivity contribution < 1.29 is 0 Å². The van der Waals surface area contributed by atoms with E-state index >= 15 is 0 Å². The summed E-state index contributed by atoms with van der Waals surface area (Å²) in [4.78, 5) is 0. The van der Waals surface area contributed by atoms with Gasteiger partial charge in [0.15, 0.2) is 0 Å². The molecular weight excluding hydrogens is 208 g/mol. The van der Waals surface area contributed by atoms with Crippen LogP contribution in [0.1, 0.15) is 38.5 Å². The van der Waals surface area contributed by atoms with Crippen molar-refractivity contribution in [2.24, 2.45) is 17.8 Å². The molecule has 0 nitrogen and oxygen atoms in total. The molecule has 0 aliphatic heterocycles. The third-order valence-corrected chi connectivity index (χ3v) is 10.9. The quantitative estimate of drug-likeness (QED) is 0.483. The minimum atomic E-state index is -1.07. The molecular formula is C15H26Si. The number of allylic oxidation sites excluding steroid dienone is 1. The van der Waals surface area contributed by atoms with Crippen molar-refractivity contribution in [3.63, 3.8) is 0 Å². The molecule has 0 saturated heterocycles. The molecule has 0 aromatic heterocycles. The Kier molecular flexibility index (Phi) is 2.40. The van der Waals surface area contributed by atoms with E-state index in [1.54, 1.807) is 38.5 Å². The molecule has 4 rings (SSSR count). The van der Waals surface area contributed by atoms with Crippen molar-refractivity contribution in [2.75, 3.05) is 0 Å². The molecule has 4 aliphatic carbocycles. The fraction of sp³-hybridized carbons (Fsp3) is 0.867. The van der Waals surface area contributed by atoms with Crippen molar-refractivity contribution in [1.29, 1.82) is 0 Å². The van der Waals surface area contributed by atoms with Crippen LogP contribution in [0.4, 0.5) is 0 Å². The molecule has 16 heavy (non-hydrogen) atoms. The Morgan fingerprint density at radius 2 is 1.50 bits per heavy atom. The van der Waals surface area contributed by atoms with Gasteiger partial charge in [-0.05, 0) is 67.4 Å². The average molecular weight is 234 g/mol. The van der Waals surface area contributed by atoms with Crippen molar-refractivity contribution in [3.8, 4) is 0 Å². The molecule has 0 radical (unpaired) electrons. The van der Waals surface area contributed by atoms with Gasteiger partial charge in [0, 0.05) is 0 Å². The highest BCUT2D eigenvalue weighted by atomic mass is 28.3. The molecule has 1 heteroatoms. The first kappa shape index (κ1) is 11.1. The van der Waals surface area contributed by atoms with Gasteiger partial charge in [-0.1, -0.05) is 19.2 Å². The highest BCUT2D eigenvalue weighted by Gasteiger charge is 2.57. The molecule has 4 bridgehead atoms. The Bertz CT molecular complexity index is 267. The van der Waals surface area contributed by atoms with Crippen LogP contribution in [-0.2, 0) is 0 Å². The standard InChI is InChI=1S/C15H26Si/c1-4-5-16(2,3)15-9-12-6-13(10-15)8-14(7-12)11-15/h4,12-14H,1,5-11H2,2-3H3. The third-order valence-electron chi connectivity index (χ3n) is 6.13. The van der Waals surface area contributed by atoms with Crippen LogP contribution in [0.3, 0.4) is 0 Å². The first-order valence-corrected chi connectivity index (χ1v) is 10.4. The first-order valence-electron chi connectivity index (χ1n) is 7.15. The summed E-state index contributed by atoms with van der Waals surface area (Å²) in [5.41, 5.74) is 0. The number of hydrogen-bond donors (Lipinski definition) is 0. The maximum atomic E-state index is 4.01. The maximum absolute atomic E-state index is 4.01. The van der Waals surface area contributed by atoms with Gasteiger partial charge >= 0.3 is 0 Å². The van der Waals surface area contributed by atoms with Crippen molar-refractivity contribution in [2.45, 2.75) is 62.7 Å². The van der Waals surface area contributed by atoms with Crippen molar-refractivity contribution in [3.05, 3.63) is 12.7 Å². The van der Waals surface area contributed by atoms with Crippen LogP contribution in [0.15, 0.2) is 12.7 Å². The Labute approximate surface area is 102 Å². The van der Waals surface area contributed by atoms with Gasteiger partial charge in [0.05, 0.1) is 8.07 Å². The van der Waals surface area contributed by atoms with E-state index in [2.05, 4.69) is 25.7 Å². The van der Waals surface area contributed by atoms with Gasteiger partial charge in [-0.3, -0.25) is 0 Å². The maximum Gasteiger partial charge on any atom is 0.0573 e. The minimum absolute atomic E-state index is 0.815. The van der Waals surface area contributed by atoms with E-state index in [1.165, 1.54) is 6.04 Å². The zero-order valence-corrected chi connectivity index (χ0v) is 12.0. The van der Waals surface area contributed by atoms with Gasteiger partial charge in [0.2, 0.25) is 0 Å². The molecule has 0 spiro atoms. The Balaban J connectivity index is 1.90. The van der Waals surface area contributed by atoms with Gasteiger partial charge in [0.1, 0.15) is 0 Å². The van der Waals surface area contributed by atoms with Gasteiger partial charge < -0.3 is 0 Å². The highest BCUT2D eigenvalue weighted by molar-refractivity contribution is 6.80. The predicted molar refractivity (Wildman–Crippen MR) is 73.4 cm³/mol. The summed E-state index contributed by atoms with van der Waals surface area (Å²) < 4.78 is 0. The Morgan fingerprint density at radius 3 is 1.88 bits per heavy atom. The SMILES string of the molecule is C=CC[Si](C)(C)C12CC3CC(CC(C3)C1)C2. The zero-order valence-electron chi connectivity index (χ0n) is 11.0. The molecule has 0 aromatic carbocycles. The number of rotatable bonds is 3. The predicted octanol–water partition coefficient (Wildman–Crippen LogP) is 4.85. The van der Waals surface area contributed by atoms with E-state index in [0.29, 0.717) is 0 Å². The van der Waals surface area contributed by atoms with Crippen LogP contribution >= 0.6 is 0 Å². The zero-order chi connectivity index (χ0) is 11.4. The lowest BCUT2D eigenvalue weighted by Crippen LogP contribution is -2.53. The second-order valence-electron chi connectivity index (χ2n) is 7.57. The summed E-state index contributed by atoms with van der Waals surface area (Å²) in [7, 11) is -1.07. The van der Waals surface area contributed by atoms with Crippen molar-refractivity contribution >= 4 is 8.07 Å². The third kappa shape index (κ3) is 1.47. The second kappa shape index (κ2) is 3.47. The van der Waals surface area contributed by atoms with E-state index in [0.717, 1.165) is 22.8 Å². The van der Waals surface area contributed by atoms with Gasteiger partial charge in [-0.2, -0.15) is 0 Å². The monoisotopic (exact) mass is 234 g/mol. The second-order valence-corrected chi connectivity index (χ2v) is 12.8. The van der Waals surface area contributed by atoms with Gasteiger partial charge in [0.25, 0.3) is 0 Å². The van der Waals surface area contributed by atoms with Crippen LogP contribution < -0.4 is 0 Å². The highest BCUT2D eigenvalue weighted by Crippen LogP contribution is 2.68. The van der Waals surface area contributed by atoms with Crippen LogP contribution in [0.2, 0.25) is 24.2 Å². The fourth-order valence-electron chi connectivity index (χ4n) is 5.52. The topological polar surface area (TPSA) is 0 Å². The van der Waals surface area contributed by atoms with Crippen LogP contribution in [-0.4, -0.2) is 8.07 Å². The van der Waals surface area contributed by atoms with Crippen LogP contribution in [0, 0.1) is 17.8 Å². The Morgan fingerprint density at radius 1 is 1.06 bits per heavy atom. The normalized spacial score (nSPS) is 46.0. The summed E-state index contributed by atoms with van der Waals surface area (Å²) in [6.07, 6.45) is 11.7. The fourth-order valence-corrected chi connectivity index (χ4v) is 9.20. The van der Waals surface area contributed by atoms with E-state index in [9.17, 15) is 0 Å². The molecule has 4 saturated carbocycles. The van der Waals surface area contributed by atoms with E-state index in [1.807, 2.05) is 0 Å². The lowest BCUT2D eigenvalue weighted by Gasteiger charge is -2.62. The minimum Gasteiger partial charge on any atom is -0.103 e. The van der Waals surface area contributed by atoms with Gasteiger partial charge in [-0.25, -0.2) is 0 Å². The molecule has 0 unspecified atom stereocenters. The molecule has 4 aliphatic rings. The molecule has 4 fully saturated rings. The van der Waals surface area contributed by atoms with Gasteiger partial charge in [-0.15, -0.1) is 6.58 Å². The Hall–Kier alpha value is -0.0431. The van der Waals surface area contributed by atoms with Crippen molar-refractivity contribution in [1.82, 2.24) is 0 Å². The lowest BCUT2D eigenvalue weighted by atomic mass is 9.56. The molecule has 0 atom stereocenters. The summed E-state index contributed by atoms with van der Waals surface area (Å²) >= 11 is 0.